The van der Waals surface area contributed by atoms with Crippen molar-refractivity contribution in [3.63, 3.8) is 0 Å². The molecule has 0 aromatic heterocycles. The van der Waals surface area contributed by atoms with Gasteiger partial charge in [-0.3, -0.25) is 4.79 Å². The minimum Gasteiger partial charge on any atom is -0.388 e. The van der Waals surface area contributed by atoms with Crippen LogP contribution in [0.5, 0.6) is 0 Å². The van der Waals surface area contributed by atoms with Crippen LogP contribution in [0.2, 0.25) is 0 Å². The summed E-state index contributed by atoms with van der Waals surface area (Å²) >= 11 is 0. The molecule has 0 amide bonds. The van der Waals surface area contributed by atoms with Crippen LogP contribution < -0.4 is 0 Å². The Kier molecular flexibility index (Phi) is 6.51. The van der Waals surface area contributed by atoms with Gasteiger partial charge in [0, 0.05) is 12.8 Å². The number of carbonyl (C=O) groups excluding carboxylic acids is 1. The van der Waals surface area contributed by atoms with Crippen molar-refractivity contribution in [1.29, 1.82) is 0 Å². The highest BCUT2D eigenvalue weighted by Gasteiger charge is 2.39. The number of carbonyl (C=O) groups is 1. The summed E-state index contributed by atoms with van der Waals surface area (Å²) in [5.41, 5.74) is -2.81. The molecule has 1 atom stereocenters. The van der Waals surface area contributed by atoms with Gasteiger partial charge in [0.25, 0.3) is 0 Å². The Morgan fingerprint density at radius 2 is 1.39 bits per heavy atom. The molecule has 2 aromatic carbocycles. The van der Waals surface area contributed by atoms with E-state index in [4.69, 9.17) is 0 Å². The third-order valence-corrected chi connectivity index (χ3v) is 6.04. The van der Waals surface area contributed by atoms with Crippen LogP contribution in [-0.2, 0) is 22.6 Å². The Labute approximate surface area is 175 Å². The first kappa shape index (κ1) is 23.3. The number of rotatable bonds is 5. The molecule has 1 saturated carbocycles. The molecule has 1 unspecified atom stereocenters. The van der Waals surface area contributed by atoms with E-state index in [9.17, 15) is 36.2 Å². The smallest absolute Gasteiger partial charge is 0.388 e. The maximum absolute atomic E-state index is 13.1. The standard InChI is InChI=1S/C23H22F6O2/c24-22(25,26)17-12-15(13-18(14-17)23(27,28)29)20(31)8-11-21(9-6-19(30)7-10-21)16-4-2-1-3-5-16/h1-5,12-14,20,31H,6-11H2. The summed E-state index contributed by atoms with van der Waals surface area (Å²) in [4.78, 5) is 11.7. The zero-order chi connectivity index (χ0) is 22.9. The van der Waals surface area contributed by atoms with Crippen molar-refractivity contribution in [1.82, 2.24) is 0 Å². The van der Waals surface area contributed by atoms with E-state index in [1.807, 2.05) is 30.3 Å². The number of benzene rings is 2. The first-order valence-corrected chi connectivity index (χ1v) is 9.95. The van der Waals surface area contributed by atoms with Crippen molar-refractivity contribution < 1.29 is 36.2 Å². The Morgan fingerprint density at radius 3 is 1.87 bits per heavy atom. The fourth-order valence-corrected chi connectivity index (χ4v) is 4.23. The van der Waals surface area contributed by atoms with E-state index in [1.165, 1.54) is 0 Å². The van der Waals surface area contributed by atoms with Crippen LogP contribution in [-0.4, -0.2) is 10.9 Å². The molecule has 2 nitrogen and oxygen atoms in total. The number of ketones is 1. The molecule has 1 fully saturated rings. The van der Waals surface area contributed by atoms with Crippen molar-refractivity contribution in [2.75, 3.05) is 0 Å². The Balaban J connectivity index is 1.87. The normalized spacial score (nSPS) is 18.1. The molecule has 1 N–H and O–H groups in total. The number of Topliss-reactive ketones (excluding diaryl/α,β-unsaturated/α-hetero) is 1. The van der Waals surface area contributed by atoms with Gasteiger partial charge in [-0.15, -0.1) is 0 Å². The van der Waals surface area contributed by atoms with Gasteiger partial charge in [0.1, 0.15) is 5.78 Å². The van der Waals surface area contributed by atoms with E-state index in [2.05, 4.69) is 0 Å². The molecule has 168 valence electrons. The first-order chi connectivity index (χ1) is 14.4. The van der Waals surface area contributed by atoms with Gasteiger partial charge in [-0.25, -0.2) is 0 Å². The van der Waals surface area contributed by atoms with Gasteiger partial charge < -0.3 is 5.11 Å². The third-order valence-electron chi connectivity index (χ3n) is 6.04. The van der Waals surface area contributed by atoms with Crippen LogP contribution in [0.25, 0.3) is 0 Å². The summed E-state index contributed by atoms with van der Waals surface area (Å²) in [7, 11) is 0. The summed E-state index contributed by atoms with van der Waals surface area (Å²) in [5.74, 6) is 0.125. The highest BCUT2D eigenvalue weighted by atomic mass is 19.4. The van der Waals surface area contributed by atoms with Gasteiger partial charge >= 0.3 is 12.4 Å². The molecular weight excluding hydrogens is 422 g/mol. The maximum atomic E-state index is 13.1. The lowest BCUT2D eigenvalue weighted by Crippen LogP contribution is -2.32. The van der Waals surface area contributed by atoms with Gasteiger partial charge in [0.2, 0.25) is 0 Å². The summed E-state index contributed by atoms with van der Waals surface area (Å²) in [6.07, 6.45) is -9.36. The summed E-state index contributed by atoms with van der Waals surface area (Å²) < 4.78 is 78.7. The number of aliphatic hydroxyl groups excluding tert-OH is 1. The van der Waals surface area contributed by atoms with Gasteiger partial charge in [-0.1, -0.05) is 30.3 Å². The van der Waals surface area contributed by atoms with Gasteiger partial charge in [-0.05, 0) is 60.4 Å². The van der Waals surface area contributed by atoms with Crippen molar-refractivity contribution in [2.45, 2.75) is 62.4 Å². The van der Waals surface area contributed by atoms with Crippen LogP contribution >= 0.6 is 0 Å². The summed E-state index contributed by atoms with van der Waals surface area (Å²) in [6, 6.07) is 10.5. The minimum absolute atomic E-state index is 0.0261. The summed E-state index contributed by atoms with van der Waals surface area (Å²) in [5, 5.41) is 10.5. The van der Waals surface area contributed by atoms with Crippen LogP contribution in [0, 0.1) is 0 Å². The number of hydrogen-bond donors (Lipinski definition) is 1. The number of alkyl halides is 6. The van der Waals surface area contributed by atoms with Gasteiger partial charge in [-0.2, -0.15) is 26.3 Å². The topological polar surface area (TPSA) is 37.3 Å². The van der Waals surface area contributed by atoms with Crippen molar-refractivity contribution in [3.05, 3.63) is 70.8 Å². The molecular formula is C23H22F6O2. The third kappa shape index (κ3) is 5.47. The van der Waals surface area contributed by atoms with Crippen LogP contribution in [0.1, 0.15) is 66.9 Å². The van der Waals surface area contributed by atoms with Gasteiger partial charge in [0.05, 0.1) is 17.2 Å². The molecule has 0 spiro atoms. The second kappa shape index (κ2) is 8.65. The largest absolute Gasteiger partial charge is 0.416 e. The fraction of sp³-hybridized carbons (Fsp3) is 0.435. The predicted molar refractivity (Wildman–Crippen MR) is 102 cm³/mol. The summed E-state index contributed by atoms with van der Waals surface area (Å²) in [6.45, 7) is 0. The van der Waals surface area contributed by atoms with E-state index in [0.717, 1.165) is 5.56 Å². The second-order valence-electron chi connectivity index (χ2n) is 8.08. The van der Waals surface area contributed by atoms with Crippen molar-refractivity contribution >= 4 is 5.78 Å². The lowest BCUT2D eigenvalue weighted by Gasteiger charge is -2.38. The average molecular weight is 444 g/mol. The highest BCUT2D eigenvalue weighted by Crippen LogP contribution is 2.44. The Hall–Kier alpha value is -2.35. The Morgan fingerprint density at radius 1 is 0.871 bits per heavy atom. The molecule has 0 saturated heterocycles. The van der Waals surface area contributed by atoms with Crippen LogP contribution in [0.15, 0.2) is 48.5 Å². The number of halogens is 6. The molecule has 3 rings (SSSR count). The number of aliphatic hydroxyl groups is 1. The molecule has 1 aliphatic rings. The quantitative estimate of drug-likeness (QED) is 0.527. The lowest BCUT2D eigenvalue weighted by atomic mass is 9.66. The average Bonchev–Trinajstić information content (AvgIpc) is 2.72. The van der Waals surface area contributed by atoms with E-state index in [1.54, 1.807) is 0 Å². The highest BCUT2D eigenvalue weighted by molar-refractivity contribution is 5.79. The molecule has 8 heteroatoms. The van der Waals surface area contributed by atoms with Crippen molar-refractivity contribution in [2.24, 2.45) is 0 Å². The van der Waals surface area contributed by atoms with E-state index in [0.29, 0.717) is 44.2 Å². The second-order valence-corrected chi connectivity index (χ2v) is 8.08. The zero-order valence-electron chi connectivity index (χ0n) is 16.6. The fourth-order valence-electron chi connectivity index (χ4n) is 4.23. The molecule has 0 heterocycles. The maximum Gasteiger partial charge on any atom is 0.416 e. The van der Waals surface area contributed by atoms with E-state index < -0.39 is 40.6 Å². The van der Waals surface area contributed by atoms with E-state index in [-0.39, 0.29) is 18.3 Å². The molecule has 2 aromatic rings. The SMILES string of the molecule is O=C1CCC(CCC(O)c2cc(C(F)(F)F)cc(C(F)(F)F)c2)(c2ccccc2)CC1. The molecule has 0 bridgehead atoms. The first-order valence-electron chi connectivity index (χ1n) is 9.95. The molecule has 31 heavy (non-hydrogen) atoms. The van der Waals surface area contributed by atoms with Crippen molar-refractivity contribution in [3.8, 4) is 0 Å². The number of hydrogen-bond acceptors (Lipinski definition) is 2. The zero-order valence-corrected chi connectivity index (χ0v) is 16.6. The molecule has 1 aliphatic carbocycles. The minimum atomic E-state index is -4.97. The van der Waals surface area contributed by atoms with Crippen LogP contribution in [0.4, 0.5) is 26.3 Å². The lowest BCUT2D eigenvalue weighted by molar-refractivity contribution is -0.143. The Bertz CT molecular complexity index is 876. The van der Waals surface area contributed by atoms with Gasteiger partial charge in [0.15, 0.2) is 0 Å². The monoisotopic (exact) mass is 444 g/mol. The molecule has 0 radical (unpaired) electrons. The molecule has 0 aliphatic heterocycles. The van der Waals surface area contributed by atoms with Crippen LogP contribution in [0.3, 0.4) is 0 Å². The van der Waals surface area contributed by atoms with E-state index >= 15 is 0 Å². The predicted octanol–water partition coefficient (Wildman–Crippen LogP) is 6.62.